The van der Waals surface area contributed by atoms with E-state index < -0.39 is 0 Å². The Hall–Kier alpha value is -2.11. The Labute approximate surface area is 119 Å². The lowest BCUT2D eigenvalue weighted by atomic mass is 10.2. The first-order valence-corrected chi connectivity index (χ1v) is 6.82. The predicted molar refractivity (Wildman–Crippen MR) is 78.0 cm³/mol. The highest BCUT2D eigenvalue weighted by molar-refractivity contribution is 5.27. The summed E-state index contributed by atoms with van der Waals surface area (Å²) in [5, 5.41) is 3.19. The molecule has 0 unspecified atom stereocenters. The molecule has 0 aliphatic rings. The van der Waals surface area contributed by atoms with E-state index in [-0.39, 0.29) is 0 Å². The van der Waals surface area contributed by atoms with E-state index >= 15 is 0 Å². The number of aromatic nitrogens is 4. The Balaban J connectivity index is 1.80. The van der Waals surface area contributed by atoms with Gasteiger partial charge < -0.3 is 14.6 Å². The van der Waals surface area contributed by atoms with Crippen LogP contribution in [0.15, 0.2) is 24.7 Å². The van der Waals surface area contributed by atoms with Crippen molar-refractivity contribution < 1.29 is 4.74 Å². The van der Waals surface area contributed by atoms with Crippen LogP contribution in [0.2, 0.25) is 0 Å². The minimum Gasteiger partial charge on any atom is -0.481 e. The molecule has 1 N–H and O–H groups in total. The van der Waals surface area contributed by atoms with E-state index in [1.165, 1.54) is 0 Å². The van der Waals surface area contributed by atoms with Gasteiger partial charge in [0.1, 0.15) is 5.82 Å². The molecule has 20 heavy (non-hydrogen) atoms. The molecule has 0 aliphatic heterocycles. The fraction of sp³-hybridized carbons (Fsp3) is 0.500. The molecule has 2 rings (SSSR count). The van der Waals surface area contributed by atoms with Crippen molar-refractivity contribution in [2.75, 3.05) is 19.0 Å². The van der Waals surface area contributed by atoms with Crippen molar-refractivity contribution in [3.63, 3.8) is 0 Å². The van der Waals surface area contributed by atoms with Gasteiger partial charge in [-0.2, -0.15) is 4.98 Å². The van der Waals surface area contributed by atoms with Gasteiger partial charge in [0.25, 0.3) is 0 Å². The highest BCUT2D eigenvalue weighted by Gasteiger charge is 2.06. The zero-order valence-corrected chi connectivity index (χ0v) is 12.2. The SMILES string of the molecule is COc1ccnc(NCCCn2ccnc2C(C)C)n1. The van der Waals surface area contributed by atoms with Gasteiger partial charge in [0.05, 0.1) is 7.11 Å². The predicted octanol–water partition coefficient (Wildman–Crippen LogP) is 2.31. The summed E-state index contributed by atoms with van der Waals surface area (Å²) in [4.78, 5) is 12.7. The van der Waals surface area contributed by atoms with Crippen LogP contribution in [0.25, 0.3) is 0 Å². The van der Waals surface area contributed by atoms with Crippen LogP contribution in [-0.4, -0.2) is 33.2 Å². The van der Waals surface area contributed by atoms with Crippen molar-refractivity contribution >= 4 is 5.95 Å². The highest BCUT2D eigenvalue weighted by Crippen LogP contribution is 2.12. The number of ether oxygens (including phenoxy) is 1. The maximum Gasteiger partial charge on any atom is 0.225 e. The number of nitrogens with zero attached hydrogens (tertiary/aromatic N) is 4. The van der Waals surface area contributed by atoms with Gasteiger partial charge in [0, 0.05) is 43.7 Å². The maximum absolute atomic E-state index is 5.06. The van der Waals surface area contributed by atoms with Gasteiger partial charge in [-0.05, 0) is 6.42 Å². The van der Waals surface area contributed by atoms with Crippen LogP contribution in [0, 0.1) is 0 Å². The van der Waals surface area contributed by atoms with Gasteiger partial charge in [-0.15, -0.1) is 0 Å². The van der Waals surface area contributed by atoms with Crippen molar-refractivity contribution in [2.24, 2.45) is 0 Å². The molecule has 108 valence electrons. The molecule has 0 bridgehead atoms. The van der Waals surface area contributed by atoms with E-state index in [4.69, 9.17) is 4.74 Å². The van der Waals surface area contributed by atoms with Gasteiger partial charge in [0.15, 0.2) is 0 Å². The van der Waals surface area contributed by atoms with Crippen LogP contribution < -0.4 is 10.1 Å². The average molecular weight is 275 g/mol. The number of nitrogens with one attached hydrogen (secondary N) is 1. The molecule has 0 spiro atoms. The van der Waals surface area contributed by atoms with Gasteiger partial charge in [0.2, 0.25) is 11.8 Å². The first-order valence-electron chi connectivity index (χ1n) is 6.82. The molecular weight excluding hydrogens is 254 g/mol. The molecule has 0 radical (unpaired) electrons. The summed E-state index contributed by atoms with van der Waals surface area (Å²) < 4.78 is 7.25. The first-order chi connectivity index (χ1) is 9.70. The Morgan fingerprint density at radius 2 is 2.15 bits per heavy atom. The molecule has 0 aromatic carbocycles. The molecule has 0 saturated heterocycles. The van der Waals surface area contributed by atoms with Gasteiger partial charge in [-0.1, -0.05) is 13.8 Å². The Morgan fingerprint density at radius 1 is 1.30 bits per heavy atom. The molecule has 2 aromatic rings. The third kappa shape index (κ3) is 3.69. The molecular formula is C14H21N5O. The quantitative estimate of drug-likeness (QED) is 0.785. The lowest BCUT2D eigenvalue weighted by molar-refractivity contribution is 0.397. The fourth-order valence-corrected chi connectivity index (χ4v) is 2.00. The van der Waals surface area contributed by atoms with E-state index in [1.807, 2.05) is 12.4 Å². The maximum atomic E-state index is 5.06. The van der Waals surface area contributed by atoms with E-state index in [0.29, 0.717) is 17.7 Å². The molecule has 0 aliphatic carbocycles. The van der Waals surface area contributed by atoms with Crippen molar-refractivity contribution in [1.82, 2.24) is 19.5 Å². The summed E-state index contributed by atoms with van der Waals surface area (Å²) in [7, 11) is 1.60. The minimum atomic E-state index is 0.444. The topological polar surface area (TPSA) is 64.9 Å². The number of anilines is 1. The number of imidazole rings is 1. The molecule has 0 saturated carbocycles. The molecule has 6 heteroatoms. The first kappa shape index (κ1) is 14.3. The number of hydrogen-bond donors (Lipinski definition) is 1. The standard InChI is InChI=1S/C14H21N5O/c1-11(2)13-15-8-10-19(13)9-4-6-16-14-17-7-5-12(18-14)20-3/h5,7-8,10-11H,4,6,9H2,1-3H3,(H,16,17,18). The van der Waals surface area contributed by atoms with Crippen LogP contribution in [0.4, 0.5) is 5.95 Å². The number of hydrogen-bond acceptors (Lipinski definition) is 5. The van der Waals surface area contributed by atoms with Crippen molar-refractivity contribution in [3.8, 4) is 5.88 Å². The summed E-state index contributed by atoms with van der Waals surface area (Å²) in [6, 6.07) is 1.73. The minimum absolute atomic E-state index is 0.444. The Kier molecular flexibility index (Phi) is 4.92. The lowest BCUT2D eigenvalue weighted by Crippen LogP contribution is -2.11. The van der Waals surface area contributed by atoms with Crippen LogP contribution in [0.3, 0.4) is 0 Å². The summed E-state index contributed by atoms with van der Waals surface area (Å²) >= 11 is 0. The number of methoxy groups -OCH3 is 1. The summed E-state index contributed by atoms with van der Waals surface area (Å²) in [6.45, 7) is 6.05. The second kappa shape index (κ2) is 6.88. The van der Waals surface area contributed by atoms with Crippen molar-refractivity contribution in [1.29, 1.82) is 0 Å². The monoisotopic (exact) mass is 275 g/mol. The Morgan fingerprint density at radius 3 is 2.90 bits per heavy atom. The second-order valence-electron chi connectivity index (χ2n) is 4.84. The smallest absolute Gasteiger partial charge is 0.225 e. The normalized spacial score (nSPS) is 10.8. The van der Waals surface area contributed by atoms with Gasteiger partial charge in [-0.25, -0.2) is 9.97 Å². The average Bonchev–Trinajstić information content (AvgIpc) is 2.92. The van der Waals surface area contributed by atoms with Crippen LogP contribution in [0.5, 0.6) is 5.88 Å². The van der Waals surface area contributed by atoms with Crippen LogP contribution >= 0.6 is 0 Å². The summed E-state index contributed by atoms with van der Waals surface area (Å²) in [6.07, 6.45) is 6.54. The summed E-state index contributed by atoms with van der Waals surface area (Å²) in [5.74, 6) is 2.74. The highest BCUT2D eigenvalue weighted by atomic mass is 16.5. The second-order valence-corrected chi connectivity index (χ2v) is 4.84. The molecule has 2 aromatic heterocycles. The lowest BCUT2D eigenvalue weighted by Gasteiger charge is -2.10. The number of aryl methyl sites for hydroxylation is 1. The van der Waals surface area contributed by atoms with Crippen LogP contribution in [-0.2, 0) is 6.54 Å². The molecule has 6 nitrogen and oxygen atoms in total. The van der Waals surface area contributed by atoms with Gasteiger partial charge in [-0.3, -0.25) is 0 Å². The van der Waals surface area contributed by atoms with E-state index in [1.54, 1.807) is 19.4 Å². The Bertz CT molecular complexity index is 538. The molecule has 0 amide bonds. The van der Waals surface area contributed by atoms with Crippen molar-refractivity contribution in [3.05, 3.63) is 30.5 Å². The van der Waals surface area contributed by atoms with E-state index in [0.717, 1.165) is 25.3 Å². The molecule has 0 fully saturated rings. The number of rotatable bonds is 7. The zero-order valence-electron chi connectivity index (χ0n) is 12.2. The zero-order chi connectivity index (χ0) is 14.4. The molecule has 2 heterocycles. The molecule has 0 atom stereocenters. The third-order valence-electron chi connectivity index (χ3n) is 2.96. The van der Waals surface area contributed by atoms with E-state index in [2.05, 4.69) is 38.7 Å². The van der Waals surface area contributed by atoms with E-state index in [9.17, 15) is 0 Å². The van der Waals surface area contributed by atoms with Crippen LogP contribution in [0.1, 0.15) is 32.0 Å². The van der Waals surface area contributed by atoms with Crippen molar-refractivity contribution in [2.45, 2.75) is 32.7 Å². The summed E-state index contributed by atoms with van der Waals surface area (Å²) in [5.41, 5.74) is 0. The largest absolute Gasteiger partial charge is 0.481 e. The third-order valence-corrected chi connectivity index (χ3v) is 2.96. The van der Waals surface area contributed by atoms with Gasteiger partial charge >= 0.3 is 0 Å². The fourth-order valence-electron chi connectivity index (χ4n) is 2.00.